The van der Waals surface area contributed by atoms with Gasteiger partial charge < -0.3 is 5.73 Å². The lowest BCUT2D eigenvalue weighted by Gasteiger charge is -2.23. The minimum atomic E-state index is -0.317. The van der Waals surface area contributed by atoms with E-state index in [1.54, 1.807) is 28.5 Å². The maximum atomic E-state index is 11.0. The molecule has 0 aromatic heterocycles. The van der Waals surface area contributed by atoms with Gasteiger partial charge in [0.1, 0.15) is 5.78 Å². The molecular formula is C8H17NOS2. The standard InChI is InChI=1S/C8H17NOS2/c1-5(2)8(12-11-4)7(9)6(3)10/h5,7-8H,9H2,1-4H3/t7-,8-/m1/s1. The van der Waals surface area contributed by atoms with E-state index in [0.717, 1.165) is 0 Å². The average molecular weight is 207 g/mol. The number of nitrogens with two attached hydrogens (primary N) is 1. The van der Waals surface area contributed by atoms with Gasteiger partial charge in [0.25, 0.3) is 0 Å². The Hall–Kier alpha value is 0.330. The molecule has 0 rings (SSSR count). The van der Waals surface area contributed by atoms with Crippen LogP contribution in [0.5, 0.6) is 0 Å². The predicted molar refractivity (Wildman–Crippen MR) is 58.4 cm³/mol. The molecule has 0 amide bonds. The third-order valence-electron chi connectivity index (χ3n) is 1.69. The van der Waals surface area contributed by atoms with Crippen LogP contribution < -0.4 is 5.73 Å². The van der Waals surface area contributed by atoms with Crippen molar-refractivity contribution in [1.82, 2.24) is 0 Å². The van der Waals surface area contributed by atoms with Gasteiger partial charge in [-0.25, -0.2) is 0 Å². The summed E-state index contributed by atoms with van der Waals surface area (Å²) >= 11 is 0. The molecule has 0 aromatic rings. The lowest BCUT2D eigenvalue weighted by atomic mass is 10.0. The molecule has 0 aliphatic rings. The van der Waals surface area contributed by atoms with E-state index >= 15 is 0 Å². The highest BCUT2D eigenvalue weighted by Crippen LogP contribution is 2.30. The SMILES string of the molecule is CSS[C@H](C(C)C)[C@H](N)C(C)=O. The van der Waals surface area contributed by atoms with Crippen LogP contribution in [0.1, 0.15) is 20.8 Å². The summed E-state index contributed by atoms with van der Waals surface area (Å²) in [5.74, 6) is 0.525. The Morgan fingerprint density at radius 1 is 1.42 bits per heavy atom. The summed E-state index contributed by atoms with van der Waals surface area (Å²) in [6.07, 6.45) is 2.01. The molecule has 0 bridgehead atoms. The monoisotopic (exact) mass is 207 g/mol. The van der Waals surface area contributed by atoms with Crippen molar-refractivity contribution < 1.29 is 4.79 Å². The van der Waals surface area contributed by atoms with Crippen LogP contribution in [0.25, 0.3) is 0 Å². The Kier molecular flexibility index (Phi) is 6.05. The molecule has 2 nitrogen and oxygen atoms in total. The number of carbonyl (C=O) groups excluding carboxylic acids is 1. The molecule has 0 saturated carbocycles. The van der Waals surface area contributed by atoms with E-state index in [1.165, 1.54) is 0 Å². The fourth-order valence-electron chi connectivity index (χ4n) is 0.928. The first-order chi connectivity index (χ1) is 5.50. The first-order valence-corrected chi connectivity index (χ1v) is 6.58. The Morgan fingerprint density at radius 2 is 1.92 bits per heavy atom. The number of hydrogen-bond acceptors (Lipinski definition) is 4. The minimum absolute atomic E-state index is 0.0789. The Balaban J connectivity index is 4.18. The summed E-state index contributed by atoms with van der Waals surface area (Å²) in [5.41, 5.74) is 5.76. The van der Waals surface area contributed by atoms with E-state index in [4.69, 9.17) is 5.73 Å². The van der Waals surface area contributed by atoms with Crippen LogP contribution in [-0.4, -0.2) is 23.3 Å². The van der Waals surface area contributed by atoms with E-state index in [-0.39, 0.29) is 17.1 Å². The molecule has 0 saturated heterocycles. The van der Waals surface area contributed by atoms with Gasteiger partial charge in [-0.05, 0) is 19.1 Å². The number of Topliss-reactive ketones (excluding diaryl/α,β-unsaturated/α-hetero) is 1. The van der Waals surface area contributed by atoms with Crippen LogP contribution in [0.4, 0.5) is 0 Å². The maximum Gasteiger partial charge on any atom is 0.147 e. The minimum Gasteiger partial charge on any atom is -0.321 e. The highest BCUT2D eigenvalue weighted by molar-refractivity contribution is 8.76. The molecule has 2 atom stereocenters. The largest absolute Gasteiger partial charge is 0.321 e. The highest BCUT2D eigenvalue weighted by atomic mass is 33.1. The molecule has 4 heteroatoms. The number of hydrogen-bond donors (Lipinski definition) is 1. The van der Waals surface area contributed by atoms with Crippen molar-refractivity contribution in [1.29, 1.82) is 0 Å². The van der Waals surface area contributed by atoms with E-state index in [9.17, 15) is 4.79 Å². The smallest absolute Gasteiger partial charge is 0.147 e. The number of ketones is 1. The van der Waals surface area contributed by atoms with Crippen molar-refractivity contribution in [2.45, 2.75) is 32.1 Å². The summed E-state index contributed by atoms with van der Waals surface area (Å²) in [5, 5.41) is 0.234. The highest BCUT2D eigenvalue weighted by Gasteiger charge is 2.24. The molecule has 2 N–H and O–H groups in total. The van der Waals surface area contributed by atoms with E-state index in [0.29, 0.717) is 5.92 Å². The first-order valence-electron chi connectivity index (χ1n) is 3.96. The van der Waals surface area contributed by atoms with Gasteiger partial charge >= 0.3 is 0 Å². The molecule has 0 fully saturated rings. The van der Waals surface area contributed by atoms with Crippen molar-refractivity contribution >= 4 is 27.4 Å². The van der Waals surface area contributed by atoms with Gasteiger partial charge in [-0.3, -0.25) is 4.79 Å². The van der Waals surface area contributed by atoms with E-state index in [1.807, 2.05) is 6.26 Å². The van der Waals surface area contributed by atoms with Gasteiger partial charge in [0.05, 0.1) is 6.04 Å². The van der Waals surface area contributed by atoms with Crippen molar-refractivity contribution in [3.63, 3.8) is 0 Å². The summed E-state index contributed by atoms with van der Waals surface area (Å²) < 4.78 is 0. The molecule has 0 unspecified atom stereocenters. The van der Waals surface area contributed by atoms with Crippen molar-refractivity contribution in [3.8, 4) is 0 Å². The van der Waals surface area contributed by atoms with Gasteiger partial charge in [0, 0.05) is 5.25 Å². The zero-order valence-electron chi connectivity index (χ0n) is 8.03. The number of rotatable bonds is 5. The van der Waals surface area contributed by atoms with Crippen LogP contribution in [-0.2, 0) is 4.79 Å². The van der Waals surface area contributed by atoms with Gasteiger partial charge in [-0.15, -0.1) is 0 Å². The third kappa shape index (κ3) is 3.83. The van der Waals surface area contributed by atoms with Gasteiger partial charge in [-0.1, -0.05) is 35.4 Å². The van der Waals surface area contributed by atoms with Crippen LogP contribution >= 0.6 is 21.6 Å². The lowest BCUT2D eigenvalue weighted by molar-refractivity contribution is -0.118. The van der Waals surface area contributed by atoms with E-state index < -0.39 is 0 Å². The van der Waals surface area contributed by atoms with Crippen molar-refractivity contribution in [3.05, 3.63) is 0 Å². The summed E-state index contributed by atoms with van der Waals surface area (Å²) in [6, 6.07) is -0.317. The number of carbonyl (C=O) groups is 1. The second kappa shape index (κ2) is 5.89. The normalized spacial score (nSPS) is 16.2. The topological polar surface area (TPSA) is 43.1 Å². The predicted octanol–water partition coefficient (Wildman–Crippen LogP) is 1.94. The quantitative estimate of drug-likeness (QED) is 0.700. The molecule has 0 radical (unpaired) electrons. The molecule has 0 aliphatic heterocycles. The fraction of sp³-hybridized carbons (Fsp3) is 0.875. The second-order valence-corrected chi connectivity index (χ2v) is 5.76. The van der Waals surface area contributed by atoms with Crippen LogP contribution in [0.3, 0.4) is 0 Å². The average Bonchev–Trinajstić information content (AvgIpc) is 1.98. The van der Waals surface area contributed by atoms with Crippen LogP contribution in [0.15, 0.2) is 0 Å². The van der Waals surface area contributed by atoms with E-state index in [2.05, 4.69) is 13.8 Å². The Labute approximate surface area is 82.4 Å². The second-order valence-electron chi connectivity index (χ2n) is 3.11. The summed E-state index contributed by atoms with van der Waals surface area (Å²) in [7, 11) is 3.36. The zero-order chi connectivity index (χ0) is 9.72. The molecule has 0 aliphatic carbocycles. The zero-order valence-corrected chi connectivity index (χ0v) is 9.67. The molecule has 12 heavy (non-hydrogen) atoms. The third-order valence-corrected chi connectivity index (χ3v) is 4.18. The van der Waals surface area contributed by atoms with Gasteiger partial charge in [-0.2, -0.15) is 0 Å². The Bertz CT molecular complexity index is 150. The molecule has 0 aromatic carbocycles. The van der Waals surface area contributed by atoms with Crippen molar-refractivity contribution in [2.75, 3.05) is 6.26 Å². The molecule has 72 valence electrons. The molecule has 0 spiro atoms. The van der Waals surface area contributed by atoms with Gasteiger partial charge in [0.15, 0.2) is 0 Å². The first kappa shape index (κ1) is 12.3. The Morgan fingerprint density at radius 3 is 2.17 bits per heavy atom. The maximum absolute atomic E-state index is 11.0. The summed E-state index contributed by atoms with van der Waals surface area (Å²) in [6.45, 7) is 5.74. The van der Waals surface area contributed by atoms with Gasteiger partial charge in [0.2, 0.25) is 0 Å². The molecule has 0 heterocycles. The van der Waals surface area contributed by atoms with Crippen LogP contribution in [0, 0.1) is 5.92 Å². The van der Waals surface area contributed by atoms with Crippen LogP contribution in [0.2, 0.25) is 0 Å². The molecular weight excluding hydrogens is 190 g/mol. The van der Waals surface area contributed by atoms with Crippen molar-refractivity contribution in [2.24, 2.45) is 11.7 Å². The fourth-order valence-corrected chi connectivity index (χ4v) is 3.38. The summed E-state index contributed by atoms with van der Waals surface area (Å²) in [4.78, 5) is 11.0. The lowest BCUT2D eigenvalue weighted by Crippen LogP contribution is -2.41.